The van der Waals surface area contributed by atoms with Gasteiger partial charge in [0.2, 0.25) is 0 Å². The second kappa shape index (κ2) is 3.95. The topological polar surface area (TPSA) is 26.0 Å². The molecule has 0 unspecified atom stereocenters. The van der Waals surface area contributed by atoms with Crippen LogP contribution in [0.3, 0.4) is 0 Å². The summed E-state index contributed by atoms with van der Waals surface area (Å²) in [5.41, 5.74) is 5.39. The highest BCUT2D eigenvalue weighted by Gasteiger charge is 2.04. The molecule has 0 amide bonds. The number of hydrogen-bond acceptors (Lipinski definition) is 4. The van der Waals surface area contributed by atoms with Crippen molar-refractivity contribution in [1.29, 1.82) is 0 Å². The van der Waals surface area contributed by atoms with Crippen LogP contribution in [0.5, 0.6) is 0 Å². The summed E-state index contributed by atoms with van der Waals surface area (Å²) in [6, 6.07) is -0.00463. The molecule has 4 heteroatoms. The van der Waals surface area contributed by atoms with Gasteiger partial charge in [0, 0.05) is 11.8 Å². The predicted molar refractivity (Wildman–Crippen MR) is 43.6 cm³/mol. The van der Waals surface area contributed by atoms with Gasteiger partial charge >= 0.3 is 0 Å². The maximum Gasteiger partial charge on any atom is 0.0601 e. The maximum atomic E-state index is 5.39. The van der Waals surface area contributed by atoms with E-state index in [0.717, 1.165) is 0 Å². The second-order valence-corrected chi connectivity index (χ2v) is 3.15. The van der Waals surface area contributed by atoms with Gasteiger partial charge in [-0.15, -0.1) is 0 Å². The Labute approximate surface area is 60.3 Å². The first-order valence-corrected chi connectivity index (χ1v) is 3.57. The molecular weight excluding hydrogens is 146 g/mol. The molecule has 0 aromatic heterocycles. The molecule has 2 N–H and O–H groups in total. The molecule has 44 valence electrons. The first-order chi connectivity index (χ1) is 3.18. The highest BCUT2D eigenvalue weighted by atomic mass is 32.2. The molecule has 0 bridgehead atoms. The molecule has 7 heavy (non-hydrogen) atoms. The van der Waals surface area contributed by atoms with Crippen molar-refractivity contribution in [3.05, 3.63) is 0 Å². The zero-order valence-corrected chi connectivity index (χ0v) is 6.46. The summed E-state index contributed by atoms with van der Waals surface area (Å²) in [5.74, 6) is 0.637. The molecule has 1 atom stereocenters. The van der Waals surface area contributed by atoms with Crippen molar-refractivity contribution in [3.63, 3.8) is 0 Å². The molecule has 0 fully saturated rings. The van der Waals surface area contributed by atoms with Gasteiger partial charge in [-0.3, -0.25) is 0 Å². The lowest BCUT2D eigenvalue weighted by atomic mass is 10.4. The molecule has 0 rings (SSSR count). The van der Waals surface area contributed by atoms with E-state index in [1.54, 1.807) is 0 Å². The first kappa shape index (κ1) is 8.01. The fourth-order valence-electron chi connectivity index (χ4n) is 0.0943. The van der Waals surface area contributed by atoms with Crippen molar-refractivity contribution in [2.24, 2.45) is 5.73 Å². The van der Waals surface area contributed by atoms with E-state index >= 15 is 0 Å². The maximum absolute atomic E-state index is 5.39. The third kappa shape index (κ3) is 3.58. The minimum Gasteiger partial charge on any atom is -0.325 e. The van der Waals surface area contributed by atoms with Gasteiger partial charge in [-0.2, -0.15) is 37.9 Å². The van der Waals surface area contributed by atoms with Crippen LogP contribution >= 0.6 is 37.9 Å². The predicted octanol–water partition coefficient (Wildman–Crippen LogP) is 0.429. The van der Waals surface area contributed by atoms with Crippen LogP contribution in [0, 0.1) is 0 Å². The third-order valence-electron chi connectivity index (χ3n) is 0.594. The Balaban J connectivity index is 3.14. The summed E-state index contributed by atoms with van der Waals surface area (Å²) in [6.07, 6.45) is 0. The largest absolute Gasteiger partial charge is 0.325 e. The van der Waals surface area contributed by atoms with E-state index in [4.69, 9.17) is 5.73 Å². The molecule has 0 saturated heterocycles. The van der Waals surface area contributed by atoms with E-state index < -0.39 is 0 Å². The molecule has 0 aliphatic heterocycles. The fraction of sp³-hybridized carbons (Fsp3) is 1.00. The van der Waals surface area contributed by atoms with Crippen LogP contribution in [0.2, 0.25) is 0 Å². The molecule has 0 saturated carbocycles. The van der Waals surface area contributed by atoms with Crippen molar-refractivity contribution in [3.8, 4) is 0 Å². The molecule has 0 heterocycles. The van der Waals surface area contributed by atoms with Crippen molar-refractivity contribution >= 4 is 37.9 Å². The molecule has 0 aromatic rings. The zero-order chi connectivity index (χ0) is 5.86. The average Bonchev–Trinajstić information content (AvgIpc) is 1.65. The summed E-state index contributed by atoms with van der Waals surface area (Å²) in [6.45, 7) is 0. The van der Waals surface area contributed by atoms with Crippen LogP contribution in [0.15, 0.2) is 0 Å². The fourth-order valence-corrected chi connectivity index (χ4v) is 0.849. The number of nitrogens with two attached hydrogens (primary N) is 1. The summed E-state index contributed by atoms with van der Waals surface area (Å²) >= 11 is 11.9. The standard InChI is InChI=1S/C3H9NS3/c4-2(1-5)3(6)7/h2-3,5-7H,1,4H2/t2-/m0/s1. The Kier molecular flexibility index (Phi) is 4.52. The lowest BCUT2D eigenvalue weighted by molar-refractivity contribution is 0.838. The van der Waals surface area contributed by atoms with Gasteiger partial charge in [0.1, 0.15) is 0 Å². The van der Waals surface area contributed by atoms with Gasteiger partial charge in [0.25, 0.3) is 0 Å². The van der Waals surface area contributed by atoms with Crippen LogP contribution in [-0.2, 0) is 0 Å². The van der Waals surface area contributed by atoms with Crippen molar-refractivity contribution < 1.29 is 0 Å². The highest BCUT2D eigenvalue weighted by Crippen LogP contribution is 2.04. The Morgan fingerprint density at radius 3 is 1.86 bits per heavy atom. The van der Waals surface area contributed by atoms with Gasteiger partial charge in [0.05, 0.1) is 4.58 Å². The molecule has 0 radical (unpaired) electrons. The van der Waals surface area contributed by atoms with Crippen molar-refractivity contribution in [1.82, 2.24) is 0 Å². The van der Waals surface area contributed by atoms with E-state index in [-0.39, 0.29) is 10.6 Å². The van der Waals surface area contributed by atoms with Gasteiger partial charge in [-0.05, 0) is 0 Å². The minimum absolute atomic E-state index is 0.00463. The number of rotatable bonds is 2. The van der Waals surface area contributed by atoms with Gasteiger partial charge in [-0.1, -0.05) is 0 Å². The Hall–Kier alpha value is 1.01. The van der Waals surface area contributed by atoms with E-state index in [1.165, 1.54) is 0 Å². The lowest BCUT2D eigenvalue weighted by Gasteiger charge is -2.08. The Morgan fingerprint density at radius 2 is 1.86 bits per heavy atom. The van der Waals surface area contributed by atoms with Gasteiger partial charge in [0.15, 0.2) is 0 Å². The summed E-state index contributed by atoms with van der Waals surface area (Å²) in [5, 5.41) is 0. The molecule has 0 aromatic carbocycles. The first-order valence-electron chi connectivity index (χ1n) is 1.91. The summed E-state index contributed by atoms with van der Waals surface area (Å²) in [7, 11) is 0. The van der Waals surface area contributed by atoms with Crippen LogP contribution in [0.25, 0.3) is 0 Å². The third-order valence-corrected chi connectivity index (χ3v) is 1.78. The van der Waals surface area contributed by atoms with Crippen molar-refractivity contribution in [2.75, 3.05) is 5.75 Å². The monoisotopic (exact) mass is 155 g/mol. The van der Waals surface area contributed by atoms with Crippen LogP contribution in [0.1, 0.15) is 0 Å². The SMILES string of the molecule is N[C@@H](CS)C(S)S. The number of thiol groups is 3. The van der Waals surface area contributed by atoms with Gasteiger partial charge < -0.3 is 5.73 Å². The molecule has 0 aliphatic rings. The average molecular weight is 155 g/mol. The molecular formula is C3H9NS3. The summed E-state index contributed by atoms with van der Waals surface area (Å²) < 4.78 is -0.0440. The smallest absolute Gasteiger partial charge is 0.0601 e. The quantitative estimate of drug-likeness (QED) is 0.338. The highest BCUT2D eigenvalue weighted by molar-refractivity contribution is 7.99. The minimum atomic E-state index is -0.0440. The summed E-state index contributed by atoms with van der Waals surface area (Å²) in [4.78, 5) is 0. The zero-order valence-electron chi connectivity index (χ0n) is 3.78. The van der Waals surface area contributed by atoms with Crippen molar-refractivity contribution in [2.45, 2.75) is 10.6 Å². The second-order valence-electron chi connectivity index (χ2n) is 1.26. The Bertz CT molecular complexity index is 47.4. The van der Waals surface area contributed by atoms with E-state index in [9.17, 15) is 0 Å². The van der Waals surface area contributed by atoms with E-state index in [2.05, 4.69) is 37.9 Å². The normalized spacial score (nSPS) is 15.0. The molecule has 0 spiro atoms. The molecule has 1 nitrogen and oxygen atoms in total. The van der Waals surface area contributed by atoms with E-state index in [0.29, 0.717) is 5.75 Å². The number of hydrogen-bond donors (Lipinski definition) is 4. The molecule has 0 aliphatic carbocycles. The van der Waals surface area contributed by atoms with Crippen LogP contribution < -0.4 is 5.73 Å². The van der Waals surface area contributed by atoms with Crippen LogP contribution in [0.4, 0.5) is 0 Å². The van der Waals surface area contributed by atoms with Gasteiger partial charge in [-0.25, -0.2) is 0 Å². The lowest BCUT2D eigenvalue weighted by Crippen LogP contribution is -2.28. The van der Waals surface area contributed by atoms with Crippen LogP contribution in [-0.4, -0.2) is 16.4 Å². The van der Waals surface area contributed by atoms with E-state index in [1.807, 2.05) is 0 Å². The Morgan fingerprint density at radius 1 is 1.43 bits per heavy atom.